The third-order valence-electron chi connectivity index (χ3n) is 2.00. The minimum Gasteiger partial charge on any atom is -0.318 e. The van der Waals surface area contributed by atoms with Crippen LogP contribution in [0.15, 0.2) is 12.1 Å². The van der Waals surface area contributed by atoms with Crippen LogP contribution in [0.4, 0.5) is 20.2 Å². The van der Waals surface area contributed by atoms with Crippen LogP contribution < -0.4 is 5.32 Å². The fraction of sp³-hybridized carbons (Fsp3) is 0.300. The molecule has 0 radical (unpaired) electrons. The molecule has 0 fully saturated rings. The van der Waals surface area contributed by atoms with Crippen molar-refractivity contribution in [2.45, 2.75) is 13.8 Å². The molecule has 1 aromatic carbocycles. The van der Waals surface area contributed by atoms with Gasteiger partial charge in [-0.25, -0.2) is 8.78 Å². The van der Waals surface area contributed by atoms with E-state index in [0.717, 1.165) is 0 Å². The smallest absolute Gasteiger partial charge is 0.298 e. The molecular formula is C10H10F2N2O3. The first-order valence-electron chi connectivity index (χ1n) is 4.77. The number of nitro groups is 1. The predicted octanol–water partition coefficient (Wildman–Crippen LogP) is 2.47. The number of halogens is 2. The fourth-order valence-electron chi connectivity index (χ4n) is 1.10. The van der Waals surface area contributed by atoms with Crippen molar-refractivity contribution in [3.8, 4) is 0 Å². The van der Waals surface area contributed by atoms with E-state index in [4.69, 9.17) is 0 Å². The molecular weight excluding hydrogens is 234 g/mol. The van der Waals surface area contributed by atoms with E-state index in [1.807, 2.05) is 0 Å². The summed E-state index contributed by atoms with van der Waals surface area (Å²) in [4.78, 5) is 21.0. The molecule has 0 saturated carbocycles. The van der Waals surface area contributed by atoms with E-state index in [-0.39, 0.29) is 0 Å². The van der Waals surface area contributed by atoms with Crippen LogP contribution in [0.1, 0.15) is 13.8 Å². The summed E-state index contributed by atoms with van der Waals surface area (Å²) in [6.07, 6.45) is 0. The zero-order valence-corrected chi connectivity index (χ0v) is 9.16. The van der Waals surface area contributed by atoms with Gasteiger partial charge in [-0.05, 0) is 0 Å². The first-order chi connectivity index (χ1) is 7.82. The molecule has 0 heterocycles. The summed E-state index contributed by atoms with van der Waals surface area (Å²) < 4.78 is 26.1. The van der Waals surface area contributed by atoms with E-state index >= 15 is 0 Å². The topological polar surface area (TPSA) is 72.2 Å². The number of carbonyl (C=O) groups excluding carboxylic acids is 1. The number of nitrogens with zero attached hydrogens (tertiary/aromatic N) is 1. The normalized spacial score (nSPS) is 10.4. The van der Waals surface area contributed by atoms with Gasteiger partial charge in [0.1, 0.15) is 5.82 Å². The molecule has 0 bridgehead atoms. The molecule has 0 aliphatic carbocycles. The quantitative estimate of drug-likeness (QED) is 0.655. The van der Waals surface area contributed by atoms with Crippen LogP contribution >= 0.6 is 0 Å². The molecule has 0 unspecified atom stereocenters. The highest BCUT2D eigenvalue weighted by Crippen LogP contribution is 2.28. The minimum absolute atomic E-state index is 0.473. The number of nitrogens with one attached hydrogen (secondary N) is 1. The first-order valence-corrected chi connectivity index (χ1v) is 4.77. The Balaban J connectivity index is 3.22. The van der Waals surface area contributed by atoms with Crippen molar-refractivity contribution in [3.05, 3.63) is 33.9 Å². The van der Waals surface area contributed by atoms with Gasteiger partial charge in [-0.3, -0.25) is 14.9 Å². The van der Waals surface area contributed by atoms with Gasteiger partial charge in [-0.1, -0.05) is 13.8 Å². The van der Waals surface area contributed by atoms with E-state index in [9.17, 15) is 23.7 Å². The minimum atomic E-state index is -1.18. The van der Waals surface area contributed by atoms with Gasteiger partial charge in [-0.15, -0.1) is 0 Å². The second kappa shape index (κ2) is 4.86. The Morgan fingerprint density at radius 2 is 2.00 bits per heavy atom. The molecule has 17 heavy (non-hydrogen) atoms. The third kappa shape index (κ3) is 2.96. The Labute approximate surface area is 95.6 Å². The lowest BCUT2D eigenvalue weighted by Crippen LogP contribution is -2.19. The Kier molecular flexibility index (Phi) is 3.72. The molecule has 0 saturated heterocycles. The number of hydrogen-bond donors (Lipinski definition) is 1. The number of rotatable bonds is 3. The molecule has 0 aliphatic heterocycles. The molecule has 0 aromatic heterocycles. The van der Waals surface area contributed by atoms with Crippen molar-refractivity contribution in [2.75, 3.05) is 5.32 Å². The molecule has 1 rings (SSSR count). The Morgan fingerprint density at radius 1 is 1.41 bits per heavy atom. The van der Waals surface area contributed by atoms with Crippen molar-refractivity contribution >= 4 is 17.3 Å². The SMILES string of the molecule is CC(C)C(=O)Nc1c(F)cc(F)cc1[N+](=O)[O-]. The molecule has 0 spiro atoms. The highest BCUT2D eigenvalue weighted by atomic mass is 19.1. The summed E-state index contributed by atoms with van der Waals surface area (Å²) in [5, 5.41) is 12.7. The largest absolute Gasteiger partial charge is 0.318 e. The van der Waals surface area contributed by atoms with Crippen LogP contribution in [0.25, 0.3) is 0 Å². The van der Waals surface area contributed by atoms with Gasteiger partial charge in [0.05, 0.1) is 11.0 Å². The summed E-state index contributed by atoms with van der Waals surface area (Å²) in [6, 6.07) is 1.03. The van der Waals surface area contributed by atoms with Gasteiger partial charge in [0.25, 0.3) is 5.69 Å². The van der Waals surface area contributed by atoms with Crippen LogP contribution in [0.2, 0.25) is 0 Å². The zero-order valence-electron chi connectivity index (χ0n) is 9.16. The van der Waals surface area contributed by atoms with Gasteiger partial charge >= 0.3 is 0 Å². The van der Waals surface area contributed by atoms with Crippen LogP contribution in [-0.2, 0) is 4.79 Å². The van der Waals surface area contributed by atoms with Crippen molar-refractivity contribution in [1.82, 2.24) is 0 Å². The average Bonchev–Trinajstić information content (AvgIpc) is 2.20. The van der Waals surface area contributed by atoms with Gasteiger partial charge in [0.2, 0.25) is 5.91 Å². The summed E-state index contributed by atoms with van der Waals surface area (Å²) in [6.45, 7) is 3.09. The number of carbonyl (C=O) groups is 1. The number of amides is 1. The Bertz CT molecular complexity index is 475. The summed E-state index contributed by atoms with van der Waals surface area (Å²) in [5.41, 5.74) is -1.42. The predicted molar refractivity (Wildman–Crippen MR) is 56.5 cm³/mol. The highest BCUT2D eigenvalue weighted by molar-refractivity contribution is 5.94. The first kappa shape index (κ1) is 13.0. The van der Waals surface area contributed by atoms with Crippen LogP contribution in [0.3, 0.4) is 0 Å². The molecule has 1 N–H and O–H groups in total. The van der Waals surface area contributed by atoms with E-state index < -0.39 is 39.8 Å². The van der Waals surface area contributed by atoms with Gasteiger partial charge in [0.15, 0.2) is 11.5 Å². The molecule has 0 aliphatic rings. The molecule has 0 atom stereocenters. The second-order valence-electron chi connectivity index (χ2n) is 3.68. The molecule has 1 amide bonds. The summed E-state index contributed by atoms with van der Waals surface area (Å²) in [5.74, 6) is -3.31. The van der Waals surface area contributed by atoms with Crippen molar-refractivity contribution in [1.29, 1.82) is 0 Å². The molecule has 1 aromatic rings. The zero-order chi connectivity index (χ0) is 13.2. The van der Waals surface area contributed by atoms with Gasteiger partial charge in [-0.2, -0.15) is 0 Å². The Hall–Kier alpha value is -2.05. The monoisotopic (exact) mass is 244 g/mol. The molecule has 5 nitrogen and oxygen atoms in total. The van der Waals surface area contributed by atoms with E-state index in [1.165, 1.54) is 0 Å². The third-order valence-corrected chi connectivity index (χ3v) is 2.00. The van der Waals surface area contributed by atoms with Crippen LogP contribution in [-0.4, -0.2) is 10.8 Å². The van der Waals surface area contributed by atoms with E-state index in [1.54, 1.807) is 13.8 Å². The standard InChI is InChI=1S/C10H10F2N2O3/c1-5(2)10(15)13-9-7(12)3-6(11)4-8(9)14(16)17/h3-5H,1-2H3,(H,13,15). The fourth-order valence-corrected chi connectivity index (χ4v) is 1.10. The van der Waals surface area contributed by atoms with Gasteiger partial charge < -0.3 is 5.32 Å². The second-order valence-corrected chi connectivity index (χ2v) is 3.68. The maximum atomic E-state index is 13.3. The van der Waals surface area contributed by atoms with E-state index in [2.05, 4.69) is 5.32 Å². The molecule has 92 valence electrons. The summed E-state index contributed by atoms with van der Waals surface area (Å²) >= 11 is 0. The number of benzene rings is 1. The van der Waals surface area contributed by atoms with Crippen molar-refractivity contribution in [2.24, 2.45) is 5.92 Å². The Morgan fingerprint density at radius 3 is 2.47 bits per heavy atom. The lowest BCUT2D eigenvalue weighted by molar-refractivity contribution is -0.384. The van der Waals surface area contributed by atoms with Gasteiger partial charge in [0, 0.05) is 12.0 Å². The number of hydrogen-bond acceptors (Lipinski definition) is 3. The average molecular weight is 244 g/mol. The molecule has 7 heteroatoms. The van der Waals surface area contributed by atoms with Crippen molar-refractivity contribution in [3.63, 3.8) is 0 Å². The lowest BCUT2D eigenvalue weighted by Gasteiger charge is -2.09. The van der Waals surface area contributed by atoms with E-state index in [0.29, 0.717) is 12.1 Å². The maximum absolute atomic E-state index is 13.3. The maximum Gasteiger partial charge on any atom is 0.298 e. The highest BCUT2D eigenvalue weighted by Gasteiger charge is 2.22. The number of anilines is 1. The lowest BCUT2D eigenvalue weighted by atomic mass is 10.2. The van der Waals surface area contributed by atoms with Crippen LogP contribution in [0, 0.1) is 27.7 Å². The van der Waals surface area contributed by atoms with Crippen LogP contribution in [0.5, 0.6) is 0 Å². The number of nitro benzene ring substituents is 1. The summed E-state index contributed by atoms with van der Waals surface area (Å²) in [7, 11) is 0. The van der Waals surface area contributed by atoms with Crippen molar-refractivity contribution < 1.29 is 18.5 Å².